The van der Waals surface area contributed by atoms with Crippen LogP contribution in [0.3, 0.4) is 0 Å². The molecule has 3 unspecified atom stereocenters. The Balaban J connectivity index is 3.05. The molecule has 1 rings (SSSR count). The number of hydrogen-bond acceptors (Lipinski definition) is 6. The number of carbonyl (C=O) groups is 1. The summed E-state index contributed by atoms with van der Waals surface area (Å²) in [6.45, 7) is 5.34. The number of nitro groups is 1. The summed E-state index contributed by atoms with van der Waals surface area (Å²) in [6.07, 6.45) is -1.53. The Morgan fingerprint density at radius 3 is 2.45 bits per heavy atom. The lowest BCUT2D eigenvalue weighted by Gasteiger charge is -2.41. The second-order valence-corrected chi connectivity index (χ2v) is 11.6. The lowest BCUT2D eigenvalue weighted by Crippen LogP contribution is -2.55. The van der Waals surface area contributed by atoms with Crippen LogP contribution >= 0.6 is 0 Å². The largest absolute Gasteiger partial charge is 0.468 e. The molecule has 1 saturated carbocycles. The van der Waals surface area contributed by atoms with E-state index in [9.17, 15) is 25.1 Å². The number of methoxy groups -OCH3 is 1. The third kappa shape index (κ3) is 4.29. The van der Waals surface area contributed by atoms with Gasteiger partial charge in [0, 0.05) is 11.3 Å². The van der Waals surface area contributed by atoms with Crippen molar-refractivity contribution in [2.75, 3.05) is 13.7 Å². The van der Waals surface area contributed by atoms with Crippen molar-refractivity contribution in [1.29, 1.82) is 0 Å². The second-order valence-electron chi connectivity index (χ2n) is 6.89. The fourth-order valence-corrected chi connectivity index (χ4v) is 3.16. The Hall–Kier alpha value is -1.43. The fraction of sp³-hybridized carbons (Fsp3) is 0.786. The number of esters is 1. The maximum absolute atomic E-state index is 12.0. The number of aliphatic hydroxyl groups excluding tert-OH is 1. The van der Waals surface area contributed by atoms with Crippen molar-refractivity contribution >= 4 is 14.0 Å². The van der Waals surface area contributed by atoms with Crippen LogP contribution in [0, 0.1) is 27.0 Å². The minimum atomic E-state index is -1.70. The lowest BCUT2D eigenvalue weighted by molar-refractivity contribution is -0.499. The molecule has 0 bridgehead atoms. The first kappa shape index (κ1) is 18.6. The summed E-state index contributed by atoms with van der Waals surface area (Å²) in [5, 5.41) is 31.7. The average Bonchev–Trinajstić information content (AvgIpc) is 2.38. The zero-order chi connectivity index (χ0) is 17.2. The molecule has 2 N–H and O–H groups in total. The van der Waals surface area contributed by atoms with Crippen LogP contribution in [0.15, 0.2) is 0 Å². The summed E-state index contributed by atoms with van der Waals surface area (Å²) < 4.78 is 4.63. The first-order valence-corrected chi connectivity index (χ1v) is 10.6. The Morgan fingerprint density at radius 2 is 2.05 bits per heavy atom. The normalized spacial score (nSPS) is 31.8. The smallest absolute Gasteiger partial charge is 0.321 e. The molecule has 7 nitrogen and oxygen atoms in total. The molecule has 0 heterocycles. The Morgan fingerprint density at radius 1 is 1.45 bits per heavy atom. The highest BCUT2D eigenvalue weighted by Crippen LogP contribution is 2.42. The van der Waals surface area contributed by atoms with E-state index in [1.165, 1.54) is 0 Å². The second kappa shape index (κ2) is 6.36. The number of ether oxygens (including phenoxy) is 1. The summed E-state index contributed by atoms with van der Waals surface area (Å²) in [4.78, 5) is 22.2. The number of carbonyl (C=O) groups excluding carboxylic acids is 1. The highest BCUT2D eigenvalue weighted by Gasteiger charge is 2.56. The topological polar surface area (TPSA) is 110 Å². The van der Waals surface area contributed by atoms with E-state index in [-0.39, 0.29) is 19.3 Å². The monoisotopic (exact) mass is 329 g/mol. The number of rotatable bonds is 3. The van der Waals surface area contributed by atoms with Gasteiger partial charge in [0.1, 0.15) is 13.7 Å². The van der Waals surface area contributed by atoms with Gasteiger partial charge in [-0.1, -0.05) is 25.6 Å². The minimum Gasteiger partial charge on any atom is -0.468 e. The molecular formula is C14H23NO6Si. The van der Waals surface area contributed by atoms with Gasteiger partial charge in [0.05, 0.1) is 13.2 Å². The van der Waals surface area contributed by atoms with Crippen molar-refractivity contribution in [2.24, 2.45) is 5.41 Å². The summed E-state index contributed by atoms with van der Waals surface area (Å²) in [5.74, 6) is 1.98. The van der Waals surface area contributed by atoms with Crippen LogP contribution in [0.25, 0.3) is 0 Å². The van der Waals surface area contributed by atoms with Crippen molar-refractivity contribution in [3.63, 3.8) is 0 Å². The highest BCUT2D eigenvalue weighted by molar-refractivity contribution is 6.83. The van der Waals surface area contributed by atoms with Crippen molar-refractivity contribution in [3.05, 3.63) is 10.1 Å². The highest BCUT2D eigenvalue weighted by atomic mass is 28.3. The van der Waals surface area contributed by atoms with Crippen molar-refractivity contribution < 1.29 is 24.7 Å². The van der Waals surface area contributed by atoms with Gasteiger partial charge in [0.25, 0.3) is 0 Å². The van der Waals surface area contributed by atoms with E-state index in [2.05, 4.69) is 16.2 Å². The molecule has 1 aliphatic rings. The molecule has 0 spiro atoms. The molecule has 1 fully saturated rings. The maximum Gasteiger partial charge on any atom is 0.321 e. The van der Waals surface area contributed by atoms with Gasteiger partial charge in [-0.15, -0.1) is 5.54 Å². The molecule has 8 heteroatoms. The molecule has 22 heavy (non-hydrogen) atoms. The van der Waals surface area contributed by atoms with Gasteiger partial charge in [-0.3, -0.25) is 14.9 Å². The number of aliphatic hydroxyl groups is 2. The zero-order valence-electron chi connectivity index (χ0n) is 13.4. The average molecular weight is 329 g/mol. The molecule has 0 radical (unpaired) electrons. The van der Waals surface area contributed by atoms with Gasteiger partial charge in [0.15, 0.2) is 5.41 Å². The van der Waals surface area contributed by atoms with E-state index in [0.717, 1.165) is 7.11 Å². The molecule has 1 aliphatic carbocycles. The summed E-state index contributed by atoms with van der Waals surface area (Å²) >= 11 is 0. The van der Waals surface area contributed by atoms with Gasteiger partial charge in [-0.05, 0) is 12.8 Å². The minimum absolute atomic E-state index is 0.0430. The first-order valence-electron chi connectivity index (χ1n) is 7.09. The molecule has 124 valence electrons. The Bertz CT molecular complexity index is 520. The quantitative estimate of drug-likeness (QED) is 0.258. The molecule has 3 atom stereocenters. The molecule has 0 aromatic carbocycles. The number of nitrogens with zero attached hydrogens (tertiary/aromatic N) is 1. The molecule has 0 aromatic heterocycles. The lowest BCUT2D eigenvalue weighted by atomic mass is 9.66. The molecule has 0 aliphatic heterocycles. The van der Waals surface area contributed by atoms with Gasteiger partial charge in [-0.2, -0.15) is 0 Å². The van der Waals surface area contributed by atoms with E-state index >= 15 is 0 Å². The zero-order valence-corrected chi connectivity index (χ0v) is 14.4. The third-order valence-corrected chi connectivity index (χ3v) is 4.70. The molecule has 0 amide bonds. The predicted octanol–water partition coefficient (Wildman–Crippen LogP) is 0.579. The van der Waals surface area contributed by atoms with Crippen LogP contribution in [-0.4, -0.2) is 54.5 Å². The van der Waals surface area contributed by atoms with E-state index < -0.39 is 42.6 Å². The van der Waals surface area contributed by atoms with Crippen LogP contribution in [-0.2, 0) is 9.53 Å². The SMILES string of the molecule is COC(=O)C1(C[N+](=O)[O-])CCC(O)(C#C[Si](C)(C)C)CC1O. The van der Waals surface area contributed by atoms with Gasteiger partial charge >= 0.3 is 5.97 Å². The molecule has 0 aromatic rings. The van der Waals surface area contributed by atoms with Crippen molar-refractivity contribution in [1.82, 2.24) is 0 Å². The molecular weight excluding hydrogens is 306 g/mol. The Labute approximate surface area is 130 Å². The fourth-order valence-electron chi connectivity index (χ4n) is 2.55. The number of hydrogen-bond donors (Lipinski definition) is 2. The van der Waals surface area contributed by atoms with Crippen LogP contribution in [0.1, 0.15) is 19.3 Å². The van der Waals surface area contributed by atoms with Crippen molar-refractivity contribution in [3.8, 4) is 11.5 Å². The van der Waals surface area contributed by atoms with Crippen molar-refractivity contribution in [2.45, 2.75) is 50.6 Å². The van der Waals surface area contributed by atoms with E-state index in [1.54, 1.807) is 0 Å². The summed E-state index contributed by atoms with van der Waals surface area (Å²) in [5.41, 5.74) is -0.000809. The maximum atomic E-state index is 12.0. The van der Waals surface area contributed by atoms with E-state index in [0.29, 0.717) is 0 Å². The Kier molecular flexibility index (Phi) is 5.38. The van der Waals surface area contributed by atoms with Gasteiger partial charge < -0.3 is 14.9 Å². The van der Waals surface area contributed by atoms with Gasteiger partial charge in [-0.25, -0.2) is 0 Å². The predicted molar refractivity (Wildman–Crippen MR) is 82.2 cm³/mol. The summed E-state index contributed by atoms with van der Waals surface area (Å²) in [7, 11) is -0.576. The molecule has 0 saturated heterocycles. The standard InChI is InChI=1S/C14H23NO6Si/c1-21-12(17)14(10-15(19)20)6-5-13(18,9-11(14)16)7-8-22(2,3)4/h11,16,18H,5-6,9-10H2,1-4H3. The van der Waals surface area contributed by atoms with E-state index in [4.69, 9.17) is 0 Å². The third-order valence-electron chi connectivity index (χ3n) is 3.83. The van der Waals surface area contributed by atoms with Crippen LogP contribution < -0.4 is 0 Å². The van der Waals surface area contributed by atoms with Crippen LogP contribution in [0.5, 0.6) is 0 Å². The van der Waals surface area contributed by atoms with Crippen LogP contribution in [0.2, 0.25) is 19.6 Å². The van der Waals surface area contributed by atoms with Gasteiger partial charge in [0.2, 0.25) is 6.54 Å². The van der Waals surface area contributed by atoms with E-state index in [1.807, 2.05) is 19.6 Å². The first-order chi connectivity index (χ1) is 9.94. The van der Waals surface area contributed by atoms with Crippen LogP contribution in [0.4, 0.5) is 0 Å². The summed E-state index contributed by atoms with van der Waals surface area (Å²) in [6, 6.07) is 0.